The van der Waals surface area contributed by atoms with Crippen molar-refractivity contribution in [2.45, 2.75) is 76.0 Å². The van der Waals surface area contributed by atoms with Gasteiger partial charge in [0.05, 0.1) is 35.0 Å². The molecule has 1 spiro atoms. The van der Waals surface area contributed by atoms with E-state index in [2.05, 4.69) is 26.3 Å². The van der Waals surface area contributed by atoms with Gasteiger partial charge in [-0.15, -0.1) is 0 Å². The second-order valence-corrected chi connectivity index (χ2v) is 11.3. The molecule has 3 aliphatic carbocycles. The van der Waals surface area contributed by atoms with Crippen LogP contribution in [0.3, 0.4) is 0 Å². The van der Waals surface area contributed by atoms with Crippen LogP contribution in [0.15, 0.2) is 43.0 Å². The molecule has 9 nitrogen and oxygen atoms in total. The standard InChI is InChI=1S/C27H30N6O3/c1-26(35)15-27(16-26)7-5-18(6-8-27)33-14-17-11-20(23(12-21(17)31-33)36-19-3-4-19)25(34)30-22-13-29-32-10-2-9-28-24(22)32/h2,9-14,18-19,35H,3-8,15-16H2,1H3,(H,30,34). The van der Waals surface area contributed by atoms with E-state index in [1.165, 1.54) is 0 Å². The number of hydrogen-bond donors (Lipinski definition) is 2. The van der Waals surface area contributed by atoms with Crippen LogP contribution in [0.25, 0.3) is 16.6 Å². The SMILES string of the molecule is CC1(O)CC2(CCC(n3cc4cc(C(=O)Nc5cnn6cccnc56)c(OC5CC5)cc4n3)CC2)C1. The van der Waals surface area contributed by atoms with E-state index in [0.717, 1.165) is 62.3 Å². The van der Waals surface area contributed by atoms with Gasteiger partial charge in [0.1, 0.15) is 11.4 Å². The zero-order valence-corrected chi connectivity index (χ0v) is 20.4. The van der Waals surface area contributed by atoms with Crippen molar-refractivity contribution in [3.63, 3.8) is 0 Å². The molecule has 1 amide bonds. The summed E-state index contributed by atoms with van der Waals surface area (Å²) in [6, 6.07) is 5.92. The zero-order chi connectivity index (χ0) is 24.5. The van der Waals surface area contributed by atoms with Gasteiger partial charge in [-0.25, -0.2) is 9.50 Å². The number of amides is 1. The van der Waals surface area contributed by atoms with E-state index in [0.29, 0.717) is 34.1 Å². The van der Waals surface area contributed by atoms with Crippen LogP contribution in [0.5, 0.6) is 5.75 Å². The van der Waals surface area contributed by atoms with Crippen LogP contribution in [-0.4, -0.2) is 47.1 Å². The molecule has 0 radical (unpaired) electrons. The number of fused-ring (bicyclic) bond motifs is 2. The third-order valence-electron chi connectivity index (χ3n) is 8.12. The molecule has 0 unspecified atom stereocenters. The minimum absolute atomic E-state index is 0.156. The molecule has 0 bridgehead atoms. The minimum Gasteiger partial charge on any atom is -0.490 e. The number of nitrogens with one attached hydrogen (secondary N) is 1. The molecule has 9 heteroatoms. The molecule has 3 aliphatic rings. The van der Waals surface area contributed by atoms with Gasteiger partial charge in [0.25, 0.3) is 5.91 Å². The van der Waals surface area contributed by atoms with Crippen molar-refractivity contribution in [1.29, 1.82) is 0 Å². The van der Waals surface area contributed by atoms with Crippen molar-refractivity contribution in [2.75, 3.05) is 5.32 Å². The Morgan fingerprint density at radius 3 is 2.75 bits per heavy atom. The van der Waals surface area contributed by atoms with Gasteiger partial charge in [0.15, 0.2) is 5.65 Å². The summed E-state index contributed by atoms with van der Waals surface area (Å²) in [5.41, 5.74) is 2.31. The predicted octanol–water partition coefficient (Wildman–Crippen LogP) is 4.52. The Morgan fingerprint density at radius 2 is 2.00 bits per heavy atom. The lowest BCUT2D eigenvalue weighted by Gasteiger charge is -2.55. The summed E-state index contributed by atoms with van der Waals surface area (Å²) in [6.45, 7) is 1.95. The van der Waals surface area contributed by atoms with Crippen molar-refractivity contribution >= 4 is 28.1 Å². The average Bonchev–Trinajstić information content (AvgIpc) is 3.41. The molecule has 36 heavy (non-hydrogen) atoms. The first-order valence-electron chi connectivity index (χ1n) is 12.9. The highest BCUT2D eigenvalue weighted by Crippen LogP contribution is 2.58. The Morgan fingerprint density at radius 1 is 1.19 bits per heavy atom. The fourth-order valence-electron chi connectivity index (χ4n) is 6.40. The first kappa shape index (κ1) is 21.8. The maximum atomic E-state index is 13.4. The van der Waals surface area contributed by atoms with Crippen LogP contribution in [0.2, 0.25) is 0 Å². The van der Waals surface area contributed by atoms with E-state index in [1.807, 2.05) is 19.1 Å². The number of carbonyl (C=O) groups is 1. The Bertz CT molecular complexity index is 1470. The molecular weight excluding hydrogens is 456 g/mol. The second kappa shape index (κ2) is 7.77. The molecule has 3 saturated carbocycles. The summed E-state index contributed by atoms with van der Waals surface area (Å²) in [5.74, 6) is 0.314. The van der Waals surface area contributed by atoms with E-state index in [9.17, 15) is 9.90 Å². The van der Waals surface area contributed by atoms with E-state index in [4.69, 9.17) is 9.84 Å². The number of anilines is 1. The predicted molar refractivity (Wildman–Crippen MR) is 134 cm³/mol. The van der Waals surface area contributed by atoms with Crippen LogP contribution in [0, 0.1) is 5.41 Å². The highest BCUT2D eigenvalue weighted by atomic mass is 16.5. The number of rotatable bonds is 5. The fraction of sp³-hybridized carbons (Fsp3) is 0.481. The van der Waals surface area contributed by atoms with Crippen LogP contribution < -0.4 is 10.1 Å². The number of carbonyl (C=O) groups excluding carboxylic acids is 1. The van der Waals surface area contributed by atoms with Crippen molar-refractivity contribution in [2.24, 2.45) is 5.41 Å². The van der Waals surface area contributed by atoms with E-state index in [-0.39, 0.29) is 12.0 Å². The molecule has 3 aromatic heterocycles. The Kier molecular flexibility index (Phi) is 4.70. The normalized spacial score (nSPS) is 27.9. The fourth-order valence-corrected chi connectivity index (χ4v) is 6.40. The second-order valence-electron chi connectivity index (χ2n) is 11.3. The molecule has 0 atom stereocenters. The number of benzene rings is 1. The summed E-state index contributed by atoms with van der Waals surface area (Å²) < 4.78 is 9.85. The first-order chi connectivity index (χ1) is 17.4. The van der Waals surface area contributed by atoms with Crippen molar-refractivity contribution in [3.05, 3.63) is 48.5 Å². The van der Waals surface area contributed by atoms with Crippen LogP contribution in [0.4, 0.5) is 5.69 Å². The molecular formula is C27H30N6O3. The van der Waals surface area contributed by atoms with Crippen LogP contribution in [-0.2, 0) is 0 Å². The molecule has 1 aromatic carbocycles. The Hall–Kier alpha value is -3.46. The van der Waals surface area contributed by atoms with Gasteiger partial charge in [-0.05, 0) is 75.8 Å². The lowest BCUT2D eigenvalue weighted by atomic mass is 9.54. The average molecular weight is 487 g/mol. The van der Waals surface area contributed by atoms with Gasteiger partial charge in [-0.1, -0.05) is 0 Å². The van der Waals surface area contributed by atoms with Gasteiger partial charge in [0, 0.05) is 30.0 Å². The minimum atomic E-state index is -0.485. The highest BCUT2D eigenvalue weighted by molar-refractivity contribution is 6.09. The largest absolute Gasteiger partial charge is 0.490 e. The number of aromatic nitrogens is 5. The number of ether oxygens (including phenoxy) is 1. The summed E-state index contributed by atoms with van der Waals surface area (Å²) >= 11 is 0. The third-order valence-corrected chi connectivity index (χ3v) is 8.12. The first-order valence-corrected chi connectivity index (χ1v) is 12.9. The van der Waals surface area contributed by atoms with Crippen molar-refractivity contribution < 1.29 is 14.6 Å². The monoisotopic (exact) mass is 486 g/mol. The zero-order valence-electron chi connectivity index (χ0n) is 20.4. The summed E-state index contributed by atoms with van der Waals surface area (Å²) in [6.07, 6.45) is 15.5. The van der Waals surface area contributed by atoms with E-state index in [1.54, 1.807) is 29.2 Å². The van der Waals surface area contributed by atoms with Gasteiger partial charge in [-0.3, -0.25) is 9.48 Å². The van der Waals surface area contributed by atoms with E-state index < -0.39 is 5.60 Å². The smallest absolute Gasteiger partial charge is 0.259 e. The van der Waals surface area contributed by atoms with Gasteiger partial charge < -0.3 is 15.2 Å². The molecule has 2 N–H and O–H groups in total. The molecule has 3 heterocycles. The van der Waals surface area contributed by atoms with Gasteiger partial charge in [-0.2, -0.15) is 10.2 Å². The summed E-state index contributed by atoms with van der Waals surface area (Å²) in [4.78, 5) is 17.7. The van der Waals surface area contributed by atoms with Gasteiger partial charge in [0.2, 0.25) is 0 Å². The molecule has 0 aliphatic heterocycles. The van der Waals surface area contributed by atoms with Crippen molar-refractivity contribution in [3.8, 4) is 5.75 Å². The quantitative estimate of drug-likeness (QED) is 0.430. The molecule has 186 valence electrons. The molecule has 7 rings (SSSR count). The molecule has 3 fully saturated rings. The highest BCUT2D eigenvalue weighted by Gasteiger charge is 2.52. The molecule has 0 saturated heterocycles. The summed E-state index contributed by atoms with van der Waals surface area (Å²) in [7, 11) is 0. The van der Waals surface area contributed by atoms with Crippen LogP contribution >= 0.6 is 0 Å². The van der Waals surface area contributed by atoms with Crippen molar-refractivity contribution in [1.82, 2.24) is 24.4 Å². The number of aliphatic hydroxyl groups is 1. The molecule has 4 aromatic rings. The Labute approximate surface area is 208 Å². The maximum absolute atomic E-state index is 13.4. The van der Waals surface area contributed by atoms with E-state index >= 15 is 0 Å². The third kappa shape index (κ3) is 3.82. The lowest BCUT2D eigenvalue weighted by molar-refractivity contribution is -0.133. The lowest BCUT2D eigenvalue weighted by Crippen LogP contribution is -2.51. The maximum Gasteiger partial charge on any atom is 0.259 e. The van der Waals surface area contributed by atoms with Gasteiger partial charge >= 0.3 is 0 Å². The Balaban J connectivity index is 1.16. The summed E-state index contributed by atoms with van der Waals surface area (Å²) in [5, 5.41) is 23.3. The number of hydrogen-bond acceptors (Lipinski definition) is 6. The topological polar surface area (TPSA) is 107 Å². The van der Waals surface area contributed by atoms with Crippen LogP contribution in [0.1, 0.15) is 74.7 Å². The number of nitrogens with zero attached hydrogens (tertiary/aromatic N) is 5.